The van der Waals surface area contributed by atoms with Crippen LogP contribution in [0.5, 0.6) is 0 Å². The van der Waals surface area contributed by atoms with E-state index in [1.807, 2.05) is 20.8 Å². The number of sulfonamides is 1. The summed E-state index contributed by atoms with van der Waals surface area (Å²) in [6, 6.07) is 10.1. The monoisotopic (exact) mass is 589 g/mol. The highest BCUT2D eigenvalue weighted by atomic mass is 35.5. The minimum absolute atomic E-state index is 0.0124. The Morgan fingerprint density at radius 1 is 1.05 bits per heavy atom. The maximum absolute atomic E-state index is 13.5. The molecule has 2 amide bonds. The van der Waals surface area contributed by atoms with Crippen LogP contribution in [-0.2, 0) is 32.3 Å². The van der Waals surface area contributed by atoms with Gasteiger partial charge in [-0.05, 0) is 63.4 Å². The summed E-state index contributed by atoms with van der Waals surface area (Å²) in [7, 11) is -3.95. The Bertz CT molecular complexity index is 1260. The second-order valence-corrected chi connectivity index (χ2v) is 12.6. The Labute approximate surface area is 233 Å². The van der Waals surface area contributed by atoms with Crippen LogP contribution in [0.1, 0.15) is 58.1 Å². The fraction of sp³-hybridized carbons (Fsp3) is 0.481. The average Bonchev–Trinajstić information content (AvgIpc) is 2.80. The zero-order chi connectivity index (χ0) is 29.6. The van der Waals surface area contributed by atoms with Crippen molar-refractivity contribution in [2.24, 2.45) is 0 Å². The fourth-order valence-corrected chi connectivity index (χ4v) is 5.18. The van der Waals surface area contributed by atoms with Gasteiger partial charge in [-0.3, -0.25) is 13.9 Å². The smallest absolute Gasteiger partial charge is 0.350 e. The molecule has 0 bridgehead atoms. The predicted molar refractivity (Wildman–Crippen MR) is 147 cm³/mol. The van der Waals surface area contributed by atoms with E-state index in [0.29, 0.717) is 17.0 Å². The second-order valence-electron chi connectivity index (χ2n) is 10.3. The molecular weight excluding hydrogens is 555 g/mol. The number of nitrogens with one attached hydrogen (secondary N) is 1. The Kier molecular flexibility index (Phi) is 10.8. The van der Waals surface area contributed by atoms with Gasteiger partial charge < -0.3 is 10.2 Å². The summed E-state index contributed by atoms with van der Waals surface area (Å²) >= 11 is 6.32. The molecule has 2 aromatic rings. The molecule has 0 aliphatic heterocycles. The van der Waals surface area contributed by atoms with E-state index in [9.17, 15) is 31.2 Å². The van der Waals surface area contributed by atoms with Crippen LogP contribution in [0.25, 0.3) is 0 Å². The summed E-state index contributed by atoms with van der Waals surface area (Å²) in [5, 5.41) is 3.32. The maximum Gasteiger partial charge on any atom is 0.416 e. The fourth-order valence-electron chi connectivity index (χ4n) is 4.02. The standard InChI is InChI=1S/C27H35ClF3N3O4S/c1-6-23(25(36)32-26(2,3)4)33(18-19-11-7-8-14-22(19)28)24(35)15-10-16-34(39(5,37)38)21-13-9-12-20(17-21)27(29,30)31/h7-9,11-14,17,23H,6,10,15-16,18H2,1-5H3,(H,32,36)/t23-/m1/s1. The molecule has 0 aliphatic rings. The van der Waals surface area contributed by atoms with Crippen molar-refractivity contribution in [3.63, 3.8) is 0 Å². The first-order chi connectivity index (χ1) is 17.9. The van der Waals surface area contributed by atoms with Gasteiger partial charge in [-0.15, -0.1) is 0 Å². The van der Waals surface area contributed by atoms with Gasteiger partial charge in [0, 0.05) is 30.1 Å². The van der Waals surface area contributed by atoms with Gasteiger partial charge in [0.1, 0.15) is 6.04 Å². The van der Waals surface area contributed by atoms with Crippen LogP contribution in [-0.4, -0.2) is 49.5 Å². The van der Waals surface area contributed by atoms with Gasteiger partial charge in [0.25, 0.3) is 0 Å². The number of nitrogens with zero attached hydrogens (tertiary/aromatic N) is 2. The minimum atomic E-state index is -4.64. The molecule has 2 rings (SSSR count). The highest BCUT2D eigenvalue weighted by molar-refractivity contribution is 7.92. The SMILES string of the molecule is CC[C@H](C(=O)NC(C)(C)C)N(Cc1ccccc1Cl)C(=O)CCCN(c1cccc(C(F)(F)F)c1)S(C)(=O)=O. The topological polar surface area (TPSA) is 86.8 Å². The molecule has 0 radical (unpaired) electrons. The number of hydrogen-bond acceptors (Lipinski definition) is 4. The lowest BCUT2D eigenvalue weighted by atomic mass is 10.0. The molecule has 0 aliphatic carbocycles. The molecule has 0 aromatic heterocycles. The number of anilines is 1. The van der Waals surface area contributed by atoms with E-state index in [4.69, 9.17) is 11.6 Å². The molecule has 0 saturated heterocycles. The van der Waals surface area contributed by atoms with Crippen LogP contribution >= 0.6 is 11.6 Å². The van der Waals surface area contributed by atoms with Crippen LogP contribution < -0.4 is 9.62 Å². The molecule has 7 nitrogen and oxygen atoms in total. The Hall–Kier alpha value is -2.79. The molecule has 0 heterocycles. The van der Waals surface area contributed by atoms with Gasteiger partial charge in [-0.1, -0.05) is 42.8 Å². The van der Waals surface area contributed by atoms with E-state index in [2.05, 4.69) is 5.32 Å². The quantitative estimate of drug-likeness (QED) is 0.368. The van der Waals surface area contributed by atoms with Gasteiger partial charge >= 0.3 is 6.18 Å². The van der Waals surface area contributed by atoms with E-state index in [0.717, 1.165) is 28.8 Å². The number of rotatable bonds is 11. The largest absolute Gasteiger partial charge is 0.416 e. The van der Waals surface area contributed by atoms with Crippen LogP contribution in [0.15, 0.2) is 48.5 Å². The first-order valence-corrected chi connectivity index (χ1v) is 14.7. The zero-order valence-corrected chi connectivity index (χ0v) is 24.3. The van der Waals surface area contributed by atoms with Gasteiger partial charge in [0.2, 0.25) is 21.8 Å². The maximum atomic E-state index is 13.5. The third kappa shape index (κ3) is 9.72. The van der Waals surface area contributed by atoms with Gasteiger partial charge in [0.05, 0.1) is 17.5 Å². The van der Waals surface area contributed by atoms with Crippen molar-refractivity contribution in [2.45, 2.75) is 71.3 Å². The van der Waals surface area contributed by atoms with Gasteiger partial charge in [-0.25, -0.2) is 8.42 Å². The number of amides is 2. The molecule has 2 aromatic carbocycles. The Balaban J connectivity index is 2.29. The summed E-state index contributed by atoms with van der Waals surface area (Å²) in [6.45, 7) is 7.08. The number of carbonyl (C=O) groups is 2. The van der Waals surface area contributed by atoms with Crippen LogP contribution in [0.4, 0.5) is 18.9 Å². The molecule has 0 saturated carbocycles. The molecule has 1 atom stereocenters. The first-order valence-electron chi connectivity index (χ1n) is 12.4. The lowest BCUT2D eigenvalue weighted by Gasteiger charge is -2.33. The minimum Gasteiger partial charge on any atom is -0.350 e. The van der Waals surface area contributed by atoms with E-state index in [1.165, 1.54) is 11.0 Å². The Morgan fingerprint density at radius 2 is 1.69 bits per heavy atom. The third-order valence-corrected chi connectivity index (χ3v) is 7.36. The number of benzene rings is 2. The number of carbonyl (C=O) groups excluding carboxylic acids is 2. The molecule has 216 valence electrons. The third-order valence-electron chi connectivity index (χ3n) is 5.80. The number of hydrogen-bond donors (Lipinski definition) is 1. The van der Waals surface area contributed by atoms with Crippen LogP contribution in [0.2, 0.25) is 5.02 Å². The molecule has 0 unspecified atom stereocenters. The van der Waals surface area contributed by atoms with E-state index >= 15 is 0 Å². The molecule has 0 fully saturated rings. The van der Waals surface area contributed by atoms with Crippen LogP contribution in [0.3, 0.4) is 0 Å². The number of alkyl halides is 3. The Morgan fingerprint density at radius 3 is 2.23 bits per heavy atom. The molecule has 0 spiro atoms. The zero-order valence-electron chi connectivity index (χ0n) is 22.7. The van der Waals surface area contributed by atoms with Gasteiger partial charge in [0.15, 0.2) is 0 Å². The molecule has 12 heteroatoms. The van der Waals surface area contributed by atoms with Crippen molar-refractivity contribution in [1.29, 1.82) is 0 Å². The highest BCUT2D eigenvalue weighted by Crippen LogP contribution is 2.32. The summed E-state index contributed by atoms with van der Waals surface area (Å²) in [5.74, 6) is -0.754. The van der Waals surface area contributed by atoms with Crippen molar-refractivity contribution in [3.8, 4) is 0 Å². The van der Waals surface area contributed by atoms with Gasteiger partial charge in [-0.2, -0.15) is 13.2 Å². The number of halogens is 4. The summed E-state index contributed by atoms with van der Waals surface area (Å²) in [4.78, 5) is 28.0. The molecule has 1 N–H and O–H groups in total. The normalized spacial score (nSPS) is 13.1. The molecule has 39 heavy (non-hydrogen) atoms. The summed E-state index contributed by atoms with van der Waals surface area (Å²) < 4.78 is 65.3. The van der Waals surface area contributed by atoms with E-state index < -0.39 is 39.3 Å². The van der Waals surface area contributed by atoms with Crippen molar-refractivity contribution in [2.75, 3.05) is 17.1 Å². The molecular formula is C27H35ClF3N3O4S. The lowest BCUT2D eigenvalue weighted by molar-refractivity contribution is -0.142. The van der Waals surface area contributed by atoms with Crippen molar-refractivity contribution in [3.05, 3.63) is 64.7 Å². The summed E-state index contributed by atoms with van der Waals surface area (Å²) in [5.41, 5.74) is -1.03. The van der Waals surface area contributed by atoms with Crippen LogP contribution in [0, 0.1) is 0 Å². The van der Waals surface area contributed by atoms with E-state index in [1.54, 1.807) is 31.2 Å². The van der Waals surface area contributed by atoms with Crippen molar-refractivity contribution >= 4 is 39.1 Å². The highest BCUT2D eigenvalue weighted by Gasteiger charge is 2.33. The average molecular weight is 590 g/mol. The second kappa shape index (κ2) is 13.0. The summed E-state index contributed by atoms with van der Waals surface area (Å²) in [6.07, 6.45) is -3.56. The predicted octanol–water partition coefficient (Wildman–Crippen LogP) is 5.63. The first kappa shape index (κ1) is 32.4. The van der Waals surface area contributed by atoms with Crippen molar-refractivity contribution < 1.29 is 31.2 Å². The van der Waals surface area contributed by atoms with Crippen molar-refractivity contribution in [1.82, 2.24) is 10.2 Å². The van der Waals surface area contributed by atoms with E-state index in [-0.39, 0.29) is 37.5 Å². The lowest BCUT2D eigenvalue weighted by Crippen LogP contribution is -2.53.